The van der Waals surface area contributed by atoms with Gasteiger partial charge in [0.25, 0.3) is 0 Å². The van der Waals surface area contributed by atoms with Crippen molar-refractivity contribution in [3.63, 3.8) is 0 Å². The third-order valence-electron chi connectivity index (χ3n) is 1.77. The summed E-state index contributed by atoms with van der Waals surface area (Å²) < 4.78 is 11.6. The predicted molar refractivity (Wildman–Crippen MR) is 39.9 cm³/mol. The first-order valence-corrected chi connectivity index (χ1v) is 3.93. The minimum absolute atomic E-state index is 0.176. The van der Waals surface area contributed by atoms with Crippen LogP contribution in [0.25, 0.3) is 0 Å². The standard InChI is InChI=1S/C7H15FN2/c8-3-1-2-4-10-7-5-9-6-7/h7,9-10H,1-6H2. The quantitative estimate of drug-likeness (QED) is 0.545. The number of alkyl halides is 1. The van der Waals surface area contributed by atoms with Crippen LogP contribution in [0.2, 0.25) is 0 Å². The molecule has 1 fully saturated rings. The molecule has 0 aromatic heterocycles. The Bertz CT molecular complexity index is 83.7. The van der Waals surface area contributed by atoms with Crippen LogP contribution in [0.4, 0.5) is 4.39 Å². The molecule has 0 aromatic rings. The molecule has 0 aromatic carbocycles. The lowest BCUT2D eigenvalue weighted by Gasteiger charge is -2.28. The van der Waals surface area contributed by atoms with E-state index in [1.54, 1.807) is 0 Å². The van der Waals surface area contributed by atoms with Crippen LogP contribution >= 0.6 is 0 Å². The van der Waals surface area contributed by atoms with Crippen molar-refractivity contribution in [1.29, 1.82) is 0 Å². The highest BCUT2D eigenvalue weighted by atomic mass is 19.1. The van der Waals surface area contributed by atoms with Gasteiger partial charge in [0, 0.05) is 19.1 Å². The molecule has 0 saturated carbocycles. The summed E-state index contributed by atoms with van der Waals surface area (Å²) in [6, 6.07) is 0.652. The van der Waals surface area contributed by atoms with Gasteiger partial charge in [-0.15, -0.1) is 0 Å². The van der Waals surface area contributed by atoms with Crippen LogP contribution < -0.4 is 10.6 Å². The van der Waals surface area contributed by atoms with Crippen LogP contribution in [0.1, 0.15) is 12.8 Å². The zero-order valence-corrected chi connectivity index (χ0v) is 6.20. The van der Waals surface area contributed by atoms with Crippen LogP contribution in [0.3, 0.4) is 0 Å². The van der Waals surface area contributed by atoms with Gasteiger partial charge in [-0.3, -0.25) is 4.39 Å². The van der Waals surface area contributed by atoms with Gasteiger partial charge < -0.3 is 10.6 Å². The largest absolute Gasteiger partial charge is 0.314 e. The first kappa shape index (κ1) is 7.95. The maximum atomic E-state index is 11.6. The first-order chi connectivity index (χ1) is 4.93. The summed E-state index contributed by atoms with van der Waals surface area (Å²) in [4.78, 5) is 0. The molecule has 0 amide bonds. The van der Waals surface area contributed by atoms with Crippen molar-refractivity contribution in [3.8, 4) is 0 Å². The van der Waals surface area contributed by atoms with Crippen molar-refractivity contribution >= 4 is 0 Å². The summed E-state index contributed by atoms with van der Waals surface area (Å²) in [6.45, 7) is 2.95. The molecule has 3 heteroatoms. The van der Waals surface area contributed by atoms with E-state index in [4.69, 9.17) is 0 Å². The van der Waals surface area contributed by atoms with Crippen molar-refractivity contribution < 1.29 is 4.39 Å². The fourth-order valence-electron chi connectivity index (χ4n) is 0.959. The third kappa shape index (κ3) is 2.62. The van der Waals surface area contributed by atoms with Gasteiger partial charge in [0.1, 0.15) is 0 Å². The maximum Gasteiger partial charge on any atom is 0.0894 e. The topological polar surface area (TPSA) is 24.1 Å². The van der Waals surface area contributed by atoms with Crippen molar-refractivity contribution in [2.45, 2.75) is 18.9 Å². The van der Waals surface area contributed by atoms with Gasteiger partial charge in [-0.25, -0.2) is 0 Å². The van der Waals surface area contributed by atoms with Gasteiger partial charge in [-0.1, -0.05) is 0 Å². The fraction of sp³-hybridized carbons (Fsp3) is 1.00. The summed E-state index contributed by atoms with van der Waals surface area (Å²) in [5.74, 6) is 0. The Morgan fingerprint density at radius 3 is 2.70 bits per heavy atom. The number of hydrogen-bond acceptors (Lipinski definition) is 2. The summed E-state index contributed by atoms with van der Waals surface area (Å²) in [7, 11) is 0. The third-order valence-corrected chi connectivity index (χ3v) is 1.77. The van der Waals surface area contributed by atoms with Crippen molar-refractivity contribution in [1.82, 2.24) is 10.6 Å². The minimum Gasteiger partial charge on any atom is -0.314 e. The second kappa shape index (κ2) is 4.63. The van der Waals surface area contributed by atoms with Gasteiger partial charge in [0.05, 0.1) is 6.67 Å². The molecule has 2 N–H and O–H groups in total. The molecule has 0 spiro atoms. The van der Waals surface area contributed by atoms with E-state index in [1.165, 1.54) is 0 Å². The van der Waals surface area contributed by atoms with E-state index < -0.39 is 0 Å². The lowest BCUT2D eigenvalue weighted by molar-refractivity contribution is 0.358. The number of nitrogens with one attached hydrogen (secondary N) is 2. The lowest BCUT2D eigenvalue weighted by atomic mass is 10.2. The normalized spacial score (nSPS) is 18.9. The van der Waals surface area contributed by atoms with E-state index >= 15 is 0 Å². The smallest absolute Gasteiger partial charge is 0.0894 e. The van der Waals surface area contributed by atoms with Gasteiger partial charge in [0.2, 0.25) is 0 Å². The summed E-state index contributed by atoms with van der Waals surface area (Å²) >= 11 is 0. The fourth-order valence-corrected chi connectivity index (χ4v) is 0.959. The average Bonchev–Trinajstić information content (AvgIpc) is 1.84. The molecule has 1 aliphatic heterocycles. The molecule has 1 heterocycles. The monoisotopic (exact) mass is 146 g/mol. The molecule has 10 heavy (non-hydrogen) atoms. The lowest BCUT2D eigenvalue weighted by Crippen LogP contribution is -2.55. The molecule has 0 bridgehead atoms. The number of halogens is 1. The highest BCUT2D eigenvalue weighted by Gasteiger charge is 2.14. The van der Waals surface area contributed by atoms with Crippen molar-refractivity contribution in [3.05, 3.63) is 0 Å². The zero-order valence-electron chi connectivity index (χ0n) is 6.20. The Labute approximate surface area is 61.2 Å². The van der Waals surface area contributed by atoms with Gasteiger partial charge >= 0.3 is 0 Å². The summed E-state index contributed by atoms with van der Waals surface area (Å²) in [5.41, 5.74) is 0. The molecule has 1 rings (SSSR count). The number of hydrogen-bond donors (Lipinski definition) is 2. The Morgan fingerprint density at radius 1 is 1.40 bits per heavy atom. The van der Waals surface area contributed by atoms with Crippen molar-refractivity contribution in [2.75, 3.05) is 26.3 Å². The molecule has 60 valence electrons. The first-order valence-electron chi connectivity index (χ1n) is 3.93. The van der Waals surface area contributed by atoms with E-state index in [0.717, 1.165) is 26.1 Å². The molecule has 0 atom stereocenters. The number of unbranched alkanes of at least 4 members (excludes halogenated alkanes) is 1. The molecule has 0 unspecified atom stereocenters. The van der Waals surface area contributed by atoms with Crippen LogP contribution in [-0.4, -0.2) is 32.4 Å². The Kier molecular flexibility index (Phi) is 3.68. The minimum atomic E-state index is -0.176. The van der Waals surface area contributed by atoms with E-state index in [0.29, 0.717) is 12.5 Å². The van der Waals surface area contributed by atoms with Crippen LogP contribution in [0, 0.1) is 0 Å². The second-order valence-corrected chi connectivity index (χ2v) is 2.71. The number of rotatable bonds is 5. The maximum absolute atomic E-state index is 11.6. The van der Waals surface area contributed by atoms with Crippen LogP contribution in [0.15, 0.2) is 0 Å². The van der Waals surface area contributed by atoms with Crippen molar-refractivity contribution in [2.24, 2.45) is 0 Å². The molecule has 2 nitrogen and oxygen atoms in total. The van der Waals surface area contributed by atoms with E-state index in [1.807, 2.05) is 0 Å². The van der Waals surface area contributed by atoms with E-state index in [-0.39, 0.29) is 6.67 Å². The molecule has 1 aliphatic rings. The van der Waals surface area contributed by atoms with Gasteiger partial charge in [0.15, 0.2) is 0 Å². The average molecular weight is 146 g/mol. The van der Waals surface area contributed by atoms with E-state index in [2.05, 4.69) is 10.6 Å². The SMILES string of the molecule is FCCCCNC1CNC1. The Balaban J connectivity index is 1.76. The van der Waals surface area contributed by atoms with Gasteiger partial charge in [-0.05, 0) is 19.4 Å². The Hall–Kier alpha value is -0.150. The molecule has 0 aliphatic carbocycles. The molecular weight excluding hydrogens is 131 g/mol. The molecule has 1 saturated heterocycles. The van der Waals surface area contributed by atoms with E-state index in [9.17, 15) is 4.39 Å². The highest BCUT2D eigenvalue weighted by Crippen LogP contribution is 1.92. The van der Waals surface area contributed by atoms with Crippen LogP contribution in [-0.2, 0) is 0 Å². The zero-order chi connectivity index (χ0) is 7.23. The summed E-state index contributed by atoms with van der Waals surface area (Å²) in [5, 5.41) is 6.49. The highest BCUT2D eigenvalue weighted by molar-refractivity contribution is 4.80. The van der Waals surface area contributed by atoms with Gasteiger partial charge in [-0.2, -0.15) is 0 Å². The molecule has 0 radical (unpaired) electrons. The van der Waals surface area contributed by atoms with Crippen LogP contribution in [0.5, 0.6) is 0 Å². The predicted octanol–water partition coefficient (Wildman–Crippen LogP) is 0.297. The molecular formula is C7H15FN2. The second-order valence-electron chi connectivity index (χ2n) is 2.71. The Morgan fingerprint density at radius 2 is 2.20 bits per heavy atom. The summed E-state index contributed by atoms with van der Waals surface area (Å²) in [6.07, 6.45) is 1.67.